The van der Waals surface area contributed by atoms with Gasteiger partial charge in [0.1, 0.15) is 11.6 Å². The van der Waals surface area contributed by atoms with Crippen molar-refractivity contribution in [3.8, 4) is 0 Å². The van der Waals surface area contributed by atoms with Crippen molar-refractivity contribution in [2.45, 2.75) is 57.3 Å². The lowest BCUT2D eigenvalue weighted by Gasteiger charge is -2.42. The second kappa shape index (κ2) is 5.17. The molecule has 9 nitrogen and oxygen atoms in total. The Kier molecular flexibility index (Phi) is 3.52. The standard InChI is InChI=1S/C17H23NO8/c1-15(2,3)25-14(22)18-11(8-9(12(18)19)10(8)13(20)21)17-23-6-5-16(4,26-17)7-24-17/h8-11H,5-7H2,1-4H3,(H,20,21)/t8-,9+,10+,11+,16?,17?/m1/s1. The second-order valence-corrected chi connectivity index (χ2v) is 8.64. The van der Waals surface area contributed by atoms with Gasteiger partial charge in [0.2, 0.25) is 5.91 Å². The molecule has 0 radical (unpaired) electrons. The third-order valence-electron chi connectivity index (χ3n) is 5.38. The van der Waals surface area contributed by atoms with Gasteiger partial charge in [0.15, 0.2) is 0 Å². The topological polar surface area (TPSA) is 112 Å². The molecule has 0 aromatic rings. The summed E-state index contributed by atoms with van der Waals surface area (Å²) in [7, 11) is 0. The second-order valence-electron chi connectivity index (χ2n) is 8.64. The lowest BCUT2D eigenvalue weighted by Crippen LogP contribution is -2.61. The van der Waals surface area contributed by atoms with Crippen molar-refractivity contribution >= 4 is 18.0 Å². The van der Waals surface area contributed by atoms with Crippen LogP contribution in [0.1, 0.15) is 34.1 Å². The van der Waals surface area contributed by atoms with Gasteiger partial charge in [-0.15, -0.1) is 0 Å². The molecule has 4 aliphatic rings. The third kappa shape index (κ3) is 2.44. The molecular weight excluding hydrogens is 346 g/mol. The van der Waals surface area contributed by atoms with Crippen molar-refractivity contribution in [1.82, 2.24) is 4.90 Å². The maximum Gasteiger partial charge on any atom is 0.417 e. The van der Waals surface area contributed by atoms with E-state index in [4.69, 9.17) is 18.9 Å². The molecule has 2 amide bonds. The first-order chi connectivity index (χ1) is 12.0. The number of piperidine rings is 1. The first-order valence-electron chi connectivity index (χ1n) is 8.75. The summed E-state index contributed by atoms with van der Waals surface area (Å²) in [5, 5.41) is 9.41. The Morgan fingerprint density at radius 2 is 2.00 bits per heavy atom. The fourth-order valence-corrected chi connectivity index (χ4v) is 4.23. The molecule has 0 aromatic heterocycles. The molecule has 144 valence electrons. The number of amides is 2. The highest BCUT2D eigenvalue weighted by atomic mass is 16.9. The number of ether oxygens (including phenoxy) is 4. The summed E-state index contributed by atoms with van der Waals surface area (Å²) < 4.78 is 22.9. The molecule has 2 bridgehead atoms. The molecule has 1 N–H and O–H groups in total. The highest BCUT2D eigenvalue weighted by molar-refractivity contribution is 6.02. The zero-order valence-corrected chi connectivity index (χ0v) is 15.2. The lowest BCUT2D eigenvalue weighted by atomic mass is 10.0. The van der Waals surface area contributed by atoms with Crippen LogP contribution in [0.15, 0.2) is 0 Å². The van der Waals surface area contributed by atoms with Crippen LogP contribution in [0.5, 0.6) is 0 Å². The van der Waals surface area contributed by atoms with Crippen molar-refractivity contribution in [2.75, 3.05) is 13.2 Å². The van der Waals surface area contributed by atoms with Crippen LogP contribution in [0.2, 0.25) is 0 Å². The minimum atomic E-state index is -1.64. The van der Waals surface area contributed by atoms with Crippen LogP contribution in [-0.2, 0) is 28.5 Å². The van der Waals surface area contributed by atoms with Gasteiger partial charge < -0.3 is 24.1 Å². The predicted molar refractivity (Wildman–Crippen MR) is 83.7 cm³/mol. The quantitative estimate of drug-likeness (QED) is 0.766. The van der Waals surface area contributed by atoms with Crippen LogP contribution in [-0.4, -0.2) is 64.4 Å². The number of nitrogens with zero attached hydrogens (tertiary/aromatic N) is 1. The van der Waals surface area contributed by atoms with Crippen molar-refractivity contribution in [2.24, 2.45) is 17.8 Å². The molecule has 3 aliphatic heterocycles. The van der Waals surface area contributed by atoms with Crippen LogP contribution < -0.4 is 0 Å². The Hall–Kier alpha value is -1.71. The smallest absolute Gasteiger partial charge is 0.417 e. The molecular formula is C17H23NO8. The van der Waals surface area contributed by atoms with E-state index in [1.165, 1.54) is 0 Å². The predicted octanol–water partition coefficient (Wildman–Crippen LogP) is 0.959. The summed E-state index contributed by atoms with van der Waals surface area (Å²) in [6.07, 6.45) is -0.230. The fraction of sp³-hybridized carbons (Fsp3) is 0.824. The van der Waals surface area contributed by atoms with Gasteiger partial charge in [-0.2, -0.15) is 0 Å². The molecule has 1 aliphatic carbocycles. The number of carbonyl (C=O) groups is 3. The van der Waals surface area contributed by atoms with E-state index >= 15 is 0 Å². The van der Waals surface area contributed by atoms with Gasteiger partial charge in [0, 0.05) is 12.3 Å². The van der Waals surface area contributed by atoms with Gasteiger partial charge in [-0.05, 0) is 27.7 Å². The van der Waals surface area contributed by atoms with E-state index in [1.807, 2.05) is 6.92 Å². The van der Waals surface area contributed by atoms with Gasteiger partial charge in [-0.1, -0.05) is 0 Å². The Morgan fingerprint density at radius 1 is 1.31 bits per heavy atom. The van der Waals surface area contributed by atoms with Crippen molar-refractivity contribution in [3.05, 3.63) is 0 Å². The number of hydrogen-bond donors (Lipinski definition) is 1. The van der Waals surface area contributed by atoms with Crippen LogP contribution >= 0.6 is 0 Å². The number of imide groups is 1. The normalized spacial score (nSPS) is 44.0. The van der Waals surface area contributed by atoms with Gasteiger partial charge in [-0.3, -0.25) is 9.59 Å². The Bertz CT molecular complexity index is 687. The molecule has 0 aromatic carbocycles. The summed E-state index contributed by atoms with van der Waals surface area (Å²) in [5.74, 6) is -5.56. The van der Waals surface area contributed by atoms with Gasteiger partial charge in [0.05, 0.1) is 30.7 Å². The number of likely N-dealkylation sites (tertiary alicyclic amines) is 1. The molecule has 3 saturated heterocycles. The molecule has 4 fully saturated rings. The maximum atomic E-state index is 12.8. The van der Waals surface area contributed by atoms with Gasteiger partial charge in [-0.25, -0.2) is 9.69 Å². The molecule has 1 saturated carbocycles. The Labute approximate surface area is 150 Å². The number of carboxylic acids is 1. The number of rotatable bonds is 2. The summed E-state index contributed by atoms with van der Waals surface area (Å²) in [4.78, 5) is 37.9. The molecule has 2 unspecified atom stereocenters. The zero-order chi connectivity index (χ0) is 19.1. The minimum Gasteiger partial charge on any atom is -0.481 e. The van der Waals surface area contributed by atoms with E-state index in [0.717, 1.165) is 4.90 Å². The highest BCUT2D eigenvalue weighted by Gasteiger charge is 2.78. The van der Waals surface area contributed by atoms with E-state index in [9.17, 15) is 19.5 Å². The first-order valence-corrected chi connectivity index (χ1v) is 8.75. The van der Waals surface area contributed by atoms with E-state index in [-0.39, 0.29) is 6.61 Å². The average Bonchev–Trinajstić information content (AvgIpc) is 3.08. The molecule has 3 heterocycles. The summed E-state index contributed by atoms with van der Waals surface area (Å²) in [6.45, 7) is 7.52. The van der Waals surface area contributed by atoms with E-state index in [1.54, 1.807) is 20.8 Å². The van der Waals surface area contributed by atoms with Gasteiger partial charge in [0.25, 0.3) is 0 Å². The monoisotopic (exact) mass is 369 g/mol. The molecule has 9 heteroatoms. The summed E-state index contributed by atoms with van der Waals surface area (Å²) in [5.41, 5.74) is -1.40. The van der Waals surface area contributed by atoms with E-state index in [2.05, 4.69) is 0 Å². The van der Waals surface area contributed by atoms with Gasteiger partial charge >= 0.3 is 18.0 Å². The Morgan fingerprint density at radius 3 is 2.62 bits per heavy atom. The van der Waals surface area contributed by atoms with Crippen molar-refractivity contribution in [1.29, 1.82) is 0 Å². The average molecular weight is 369 g/mol. The summed E-state index contributed by atoms with van der Waals surface area (Å²) >= 11 is 0. The van der Waals surface area contributed by atoms with Crippen LogP contribution in [0.3, 0.4) is 0 Å². The van der Waals surface area contributed by atoms with E-state index in [0.29, 0.717) is 13.0 Å². The van der Waals surface area contributed by atoms with E-state index < -0.39 is 58.9 Å². The molecule has 0 spiro atoms. The summed E-state index contributed by atoms with van der Waals surface area (Å²) in [6, 6.07) is -0.988. The number of fused-ring (bicyclic) bond motifs is 3. The first kappa shape index (κ1) is 17.7. The lowest BCUT2D eigenvalue weighted by molar-refractivity contribution is -0.387. The van der Waals surface area contributed by atoms with Crippen LogP contribution in [0.4, 0.5) is 4.79 Å². The fourth-order valence-electron chi connectivity index (χ4n) is 4.23. The number of carbonyl (C=O) groups excluding carboxylic acids is 2. The zero-order valence-electron chi connectivity index (χ0n) is 15.2. The molecule has 26 heavy (non-hydrogen) atoms. The maximum absolute atomic E-state index is 12.8. The van der Waals surface area contributed by atoms with Crippen LogP contribution in [0, 0.1) is 17.8 Å². The third-order valence-corrected chi connectivity index (χ3v) is 5.38. The van der Waals surface area contributed by atoms with Crippen molar-refractivity contribution in [3.63, 3.8) is 0 Å². The number of aliphatic carboxylic acids is 1. The van der Waals surface area contributed by atoms with Crippen molar-refractivity contribution < 1.29 is 38.4 Å². The molecule has 4 rings (SSSR count). The minimum absolute atomic E-state index is 0.245. The highest BCUT2D eigenvalue weighted by Crippen LogP contribution is 2.61. The Balaban J connectivity index is 1.69. The number of carboxylic acid groups (broad SMARTS) is 1. The molecule has 6 atom stereocenters. The largest absolute Gasteiger partial charge is 0.481 e. The SMILES string of the molecule is CC(C)(C)OC(=O)N1C(=O)[C@@H]2[C@@H](C(=O)O)[C@@H]2[C@H]1C12OCCC(C)(CO1)O2. The van der Waals surface area contributed by atoms with Crippen LogP contribution in [0.25, 0.3) is 0 Å². The number of hydrogen-bond acceptors (Lipinski definition) is 7.